The first-order chi connectivity index (χ1) is 14.6. The molecule has 0 aliphatic rings. The molecule has 1 N–H and O–H groups in total. The highest BCUT2D eigenvalue weighted by Crippen LogP contribution is 2.30. The van der Waals surface area contributed by atoms with E-state index in [1.54, 1.807) is 28.4 Å². The summed E-state index contributed by atoms with van der Waals surface area (Å²) in [4.78, 5) is 2.34. The number of nitrogens with one attached hydrogen (secondary N) is 1. The standard InChI is InChI=1S/C24H34N2O4/c1-6-14-26(16-12-19-8-10-21(27-2)23(17-19)29-4)15-7-13-25-20-9-11-22(28-3)24(18-20)30-5/h6,8-11,14,17-18,25H,7,12-13,15-16H2,1-5H3/b14-6-. The molecule has 6 heteroatoms. The summed E-state index contributed by atoms with van der Waals surface area (Å²) in [5, 5.41) is 3.45. The van der Waals surface area contributed by atoms with Gasteiger partial charge in [-0.05, 0) is 55.8 Å². The fourth-order valence-corrected chi connectivity index (χ4v) is 3.24. The van der Waals surface area contributed by atoms with Gasteiger partial charge in [-0.15, -0.1) is 0 Å². The Labute approximate surface area is 180 Å². The van der Waals surface area contributed by atoms with Gasteiger partial charge in [-0.3, -0.25) is 0 Å². The third-order valence-electron chi connectivity index (χ3n) is 4.83. The van der Waals surface area contributed by atoms with Crippen molar-refractivity contribution in [3.8, 4) is 23.0 Å². The number of allylic oxidation sites excluding steroid dienone is 1. The lowest BCUT2D eigenvalue weighted by Gasteiger charge is -2.21. The summed E-state index contributed by atoms with van der Waals surface area (Å²) in [7, 11) is 6.61. The van der Waals surface area contributed by atoms with Crippen molar-refractivity contribution >= 4 is 5.69 Å². The molecule has 0 amide bonds. The summed E-state index contributed by atoms with van der Waals surface area (Å²) in [5.41, 5.74) is 2.25. The van der Waals surface area contributed by atoms with Gasteiger partial charge >= 0.3 is 0 Å². The zero-order chi connectivity index (χ0) is 21.8. The first-order valence-corrected chi connectivity index (χ1v) is 10.2. The Bertz CT molecular complexity index is 808. The van der Waals surface area contributed by atoms with Gasteiger partial charge < -0.3 is 29.2 Å². The summed E-state index contributed by atoms with van der Waals surface area (Å²) in [6, 6.07) is 12.0. The number of ether oxygens (including phenoxy) is 4. The Morgan fingerprint density at radius 3 is 2.07 bits per heavy atom. The summed E-state index contributed by atoms with van der Waals surface area (Å²) >= 11 is 0. The maximum Gasteiger partial charge on any atom is 0.162 e. The summed E-state index contributed by atoms with van der Waals surface area (Å²) in [6.45, 7) is 4.83. The van der Waals surface area contributed by atoms with Gasteiger partial charge in [0, 0.05) is 31.4 Å². The van der Waals surface area contributed by atoms with Crippen LogP contribution < -0.4 is 24.3 Å². The van der Waals surface area contributed by atoms with Crippen LogP contribution in [-0.4, -0.2) is 53.0 Å². The van der Waals surface area contributed by atoms with Crippen molar-refractivity contribution in [2.75, 3.05) is 53.4 Å². The minimum absolute atomic E-state index is 0.730. The van der Waals surface area contributed by atoms with Crippen LogP contribution in [0, 0.1) is 0 Å². The van der Waals surface area contributed by atoms with Crippen LogP contribution in [0.25, 0.3) is 0 Å². The van der Waals surface area contributed by atoms with Crippen molar-refractivity contribution in [3.05, 3.63) is 54.2 Å². The van der Waals surface area contributed by atoms with Crippen molar-refractivity contribution in [2.24, 2.45) is 0 Å². The molecule has 0 spiro atoms. The van der Waals surface area contributed by atoms with E-state index >= 15 is 0 Å². The molecule has 0 heterocycles. The van der Waals surface area contributed by atoms with Crippen LogP contribution in [0.3, 0.4) is 0 Å². The van der Waals surface area contributed by atoms with E-state index < -0.39 is 0 Å². The molecule has 0 saturated carbocycles. The van der Waals surface area contributed by atoms with E-state index in [1.165, 1.54) is 5.56 Å². The fraction of sp³-hybridized carbons (Fsp3) is 0.417. The third kappa shape index (κ3) is 6.79. The quantitative estimate of drug-likeness (QED) is 0.484. The third-order valence-corrected chi connectivity index (χ3v) is 4.83. The van der Waals surface area contributed by atoms with Crippen LogP contribution in [0.1, 0.15) is 18.9 Å². The molecule has 164 valence electrons. The molecular weight excluding hydrogens is 380 g/mol. The van der Waals surface area contributed by atoms with E-state index in [-0.39, 0.29) is 0 Å². The van der Waals surface area contributed by atoms with Crippen molar-refractivity contribution in [3.63, 3.8) is 0 Å². The van der Waals surface area contributed by atoms with Crippen molar-refractivity contribution < 1.29 is 18.9 Å². The number of hydrogen-bond donors (Lipinski definition) is 1. The minimum atomic E-state index is 0.730. The Balaban J connectivity index is 1.83. The van der Waals surface area contributed by atoms with E-state index in [0.717, 1.165) is 61.2 Å². The molecule has 0 bridgehead atoms. The van der Waals surface area contributed by atoms with E-state index in [4.69, 9.17) is 18.9 Å². The average Bonchev–Trinajstić information content (AvgIpc) is 2.79. The zero-order valence-corrected chi connectivity index (χ0v) is 18.7. The molecular formula is C24H34N2O4. The summed E-state index contributed by atoms with van der Waals surface area (Å²) in [6.07, 6.45) is 6.19. The Kier molecular flexibility index (Phi) is 9.71. The fourth-order valence-electron chi connectivity index (χ4n) is 3.24. The highest BCUT2D eigenvalue weighted by atomic mass is 16.5. The van der Waals surface area contributed by atoms with Gasteiger partial charge in [0.25, 0.3) is 0 Å². The maximum absolute atomic E-state index is 5.41. The predicted molar refractivity (Wildman–Crippen MR) is 122 cm³/mol. The van der Waals surface area contributed by atoms with Crippen molar-refractivity contribution in [2.45, 2.75) is 19.8 Å². The molecule has 0 aliphatic heterocycles. The monoisotopic (exact) mass is 414 g/mol. The number of methoxy groups -OCH3 is 4. The van der Waals surface area contributed by atoms with Crippen molar-refractivity contribution in [1.29, 1.82) is 0 Å². The Hall–Kier alpha value is -3.02. The molecule has 0 fully saturated rings. The van der Waals surface area contributed by atoms with Crippen LogP contribution in [0.15, 0.2) is 48.7 Å². The van der Waals surface area contributed by atoms with E-state index in [9.17, 15) is 0 Å². The molecule has 0 aliphatic carbocycles. The summed E-state index contributed by atoms with van der Waals surface area (Å²) in [5.74, 6) is 2.99. The van der Waals surface area contributed by atoms with Gasteiger partial charge in [-0.1, -0.05) is 12.1 Å². The minimum Gasteiger partial charge on any atom is -0.493 e. The molecule has 0 atom stereocenters. The maximum atomic E-state index is 5.41. The second-order valence-electron chi connectivity index (χ2n) is 6.81. The van der Waals surface area contributed by atoms with Crippen LogP contribution in [0.5, 0.6) is 23.0 Å². The smallest absolute Gasteiger partial charge is 0.162 e. The molecule has 6 nitrogen and oxygen atoms in total. The van der Waals surface area contributed by atoms with E-state index in [1.807, 2.05) is 37.3 Å². The highest BCUT2D eigenvalue weighted by molar-refractivity contribution is 5.54. The van der Waals surface area contributed by atoms with E-state index in [0.29, 0.717) is 0 Å². The molecule has 2 rings (SSSR count). The largest absolute Gasteiger partial charge is 0.493 e. The van der Waals surface area contributed by atoms with Gasteiger partial charge in [0.15, 0.2) is 23.0 Å². The van der Waals surface area contributed by atoms with Gasteiger partial charge in [0.1, 0.15) is 0 Å². The topological polar surface area (TPSA) is 52.2 Å². The van der Waals surface area contributed by atoms with Crippen LogP contribution in [0.2, 0.25) is 0 Å². The number of anilines is 1. The summed E-state index contributed by atoms with van der Waals surface area (Å²) < 4.78 is 21.4. The number of benzene rings is 2. The van der Waals surface area contributed by atoms with Crippen LogP contribution in [0.4, 0.5) is 5.69 Å². The molecule has 2 aromatic rings. The molecule has 2 aromatic carbocycles. The van der Waals surface area contributed by atoms with Gasteiger partial charge in [-0.2, -0.15) is 0 Å². The van der Waals surface area contributed by atoms with Gasteiger partial charge in [0.05, 0.1) is 28.4 Å². The van der Waals surface area contributed by atoms with Crippen molar-refractivity contribution in [1.82, 2.24) is 4.90 Å². The molecule has 0 radical (unpaired) electrons. The molecule has 0 unspecified atom stereocenters. The SMILES string of the molecule is C/C=C\N(CCCNc1ccc(OC)c(OC)c1)CCc1ccc(OC)c(OC)c1. The zero-order valence-electron chi connectivity index (χ0n) is 18.7. The predicted octanol–water partition coefficient (Wildman–Crippen LogP) is 4.60. The first-order valence-electron chi connectivity index (χ1n) is 10.2. The number of hydrogen-bond acceptors (Lipinski definition) is 6. The number of nitrogens with zero attached hydrogens (tertiary/aromatic N) is 1. The molecule has 0 aromatic heterocycles. The highest BCUT2D eigenvalue weighted by Gasteiger charge is 2.07. The van der Waals surface area contributed by atoms with Crippen LogP contribution in [-0.2, 0) is 6.42 Å². The van der Waals surface area contributed by atoms with E-state index in [2.05, 4.69) is 28.6 Å². The Morgan fingerprint density at radius 1 is 0.800 bits per heavy atom. The lowest BCUT2D eigenvalue weighted by molar-refractivity contribution is 0.353. The van der Waals surface area contributed by atoms with Gasteiger partial charge in [0.2, 0.25) is 0 Å². The Morgan fingerprint density at radius 2 is 1.43 bits per heavy atom. The molecule has 0 saturated heterocycles. The second kappa shape index (κ2) is 12.5. The second-order valence-corrected chi connectivity index (χ2v) is 6.81. The van der Waals surface area contributed by atoms with Crippen LogP contribution >= 0.6 is 0 Å². The lowest BCUT2D eigenvalue weighted by atomic mass is 10.1. The average molecular weight is 415 g/mol. The molecule has 30 heavy (non-hydrogen) atoms. The normalized spacial score (nSPS) is 10.7. The van der Waals surface area contributed by atoms with Gasteiger partial charge in [-0.25, -0.2) is 0 Å². The first kappa shape index (κ1) is 23.3. The number of rotatable bonds is 13. The lowest BCUT2D eigenvalue weighted by Crippen LogP contribution is -2.23.